The third-order valence-electron chi connectivity index (χ3n) is 2.52. The van der Waals surface area contributed by atoms with Gasteiger partial charge in [0.2, 0.25) is 0 Å². The highest BCUT2D eigenvalue weighted by atomic mass is 16.5. The molecule has 0 radical (unpaired) electrons. The summed E-state index contributed by atoms with van der Waals surface area (Å²) in [5, 5.41) is 8.61. The van der Waals surface area contributed by atoms with Crippen LogP contribution in [0.15, 0.2) is 18.2 Å². The zero-order valence-electron chi connectivity index (χ0n) is 9.62. The van der Waals surface area contributed by atoms with Crippen LogP contribution in [0.3, 0.4) is 0 Å². The van der Waals surface area contributed by atoms with Crippen LogP contribution in [0.5, 0.6) is 0 Å². The number of hydrogen-bond acceptors (Lipinski definition) is 3. The molecule has 0 unspecified atom stereocenters. The second-order valence-corrected chi connectivity index (χ2v) is 3.67. The maximum absolute atomic E-state index is 11.0. The molecule has 84 valence electrons. The smallest absolute Gasteiger partial charge is 0.305 e. The minimum Gasteiger partial charge on any atom is -0.469 e. The first-order valence-corrected chi connectivity index (χ1v) is 5.19. The lowest BCUT2D eigenvalue weighted by Gasteiger charge is -2.06. The molecule has 0 atom stereocenters. The number of aryl methyl sites for hydroxylation is 2. The highest BCUT2D eigenvalue weighted by molar-refractivity contribution is 5.69. The molecule has 16 heavy (non-hydrogen) atoms. The Morgan fingerprint density at radius 2 is 2.25 bits per heavy atom. The van der Waals surface area contributed by atoms with Gasteiger partial charge in [-0.1, -0.05) is 18.2 Å². The molecule has 0 aliphatic rings. The zero-order chi connectivity index (χ0) is 12.0. The minimum atomic E-state index is -0.204. The average Bonchev–Trinajstić information content (AvgIpc) is 2.29. The van der Waals surface area contributed by atoms with E-state index in [-0.39, 0.29) is 5.97 Å². The second kappa shape index (κ2) is 5.92. The Morgan fingerprint density at radius 3 is 2.88 bits per heavy atom. The first-order valence-electron chi connectivity index (χ1n) is 5.19. The lowest BCUT2D eigenvalue weighted by Crippen LogP contribution is -2.03. The van der Waals surface area contributed by atoms with Crippen molar-refractivity contribution in [3.63, 3.8) is 0 Å². The summed E-state index contributed by atoms with van der Waals surface area (Å²) in [4.78, 5) is 11.0. The van der Waals surface area contributed by atoms with Crippen molar-refractivity contribution in [3.8, 4) is 6.07 Å². The summed E-state index contributed by atoms with van der Waals surface area (Å²) in [6, 6.07) is 8.03. The van der Waals surface area contributed by atoms with E-state index in [1.807, 2.05) is 25.1 Å². The number of carbonyl (C=O) groups is 1. The van der Waals surface area contributed by atoms with Gasteiger partial charge in [0.15, 0.2) is 0 Å². The summed E-state index contributed by atoms with van der Waals surface area (Å²) in [5.74, 6) is -0.204. The number of rotatable bonds is 4. The molecular weight excluding hydrogens is 202 g/mol. The fourth-order valence-corrected chi connectivity index (χ4v) is 1.53. The number of carbonyl (C=O) groups excluding carboxylic acids is 1. The Hall–Kier alpha value is -1.82. The Balaban J connectivity index is 2.74. The molecule has 0 aliphatic heterocycles. The van der Waals surface area contributed by atoms with Gasteiger partial charge in [-0.25, -0.2) is 0 Å². The Morgan fingerprint density at radius 1 is 1.50 bits per heavy atom. The SMILES string of the molecule is COC(=O)CCc1cc(CC#N)ccc1C. The predicted octanol–water partition coefficient (Wildman–Crippen LogP) is 2.17. The zero-order valence-corrected chi connectivity index (χ0v) is 9.62. The van der Waals surface area contributed by atoms with Crippen LogP contribution in [0.1, 0.15) is 23.1 Å². The molecule has 0 heterocycles. The molecule has 0 amide bonds. The number of esters is 1. The van der Waals surface area contributed by atoms with E-state index in [1.165, 1.54) is 7.11 Å². The number of methoxy groups -OCH3 is 1. The normalized spacial score (nSPS) is 9.56. The molecule has 0 aliphatic carbocycles. The van der Waals surface area contributed by atoms with E-state index >= 15 is 0 Å². The van der Waals surface area contributed by atoms with Crippen molar-refractivity contribution < 1.29 is 9.53 Å². The summed E-state index contributed by atoms with van der Waals surface area (Å²) in [5.41, 5.74) is 3.25. The van der Waals surface area contributed by atoms with Gasteiger partial charge < -0.3 is 4.74 Å². The van der Waals surface area contributed by atoms with E-state index in [1.54, 1.807) is 0 Å². The van der Waals surface area contributed by atoms with Gasteiger partial charge in [-0.2, -0.15) is 5.26 Å². The van der Waals surface area contributed by atoms with Crippen LogP contribution in [-0.4, -0.2) is 13.1 Å². The van der Waals surface area contributed by atoms with Crippen LogP contribution in [-0.2, 0) is 22.4 Å². The molecular formula is C13H15NO2. The maximum Gasteiger partial charge on any atom is 0.305 e. The first kappa shape index (κ1) is 12.3. The fourth-order valence-electron chi connectivity index (χ4n) is 1.53. The number of ether oxygens (including phenoxy) is 1. The van der Waals surface area contributed by atoms with Crippen LogP contribution in [0, 0.1) is 18.3 Å². The van der Waals surface area contributed by atoms with E-state index in [0.29, 0.717) is 19.3 Å². The van der Waals surface area contributed by atoms with Gasteiger partial charge in [0.1, 0.15) is 0 Å². The van der Waals surface area contributed by atoms with Crippen LogP contribution >= 0.6 is 0 Å². The van der Waals surface area contributed by atoms with Crippen molar-refractivity contribution in [1.82, 2.24) is 0 Å². The molecule has 3 heteroatoms. The van der Waals surface area contributed by atoms with E-state index in [0.717, 1.165) is 16.7 Å². The van der Waals surface area contributed by atoms with Gasteiger partial charge in [-0.3, -0.25) is 4.79 Å². The molecule has 0 aromatic heterocycles. The molecule has 3 nitrogen and oxygen atoms in total. The summed E-state index contributed by atoms with van der Waals surface area (Å²) in [6.07, 6.45) is 1.45. The van der Waals surface area contributed by atoms with Gasteiger partial charge in [0.05, 0.1) is 19.6 Å². The van der Waals surface area contributed by atoms with Crippen LogP contribution < -0.4 is 0 Å². The van der Waals surface area contributed by atoms with Crippen molar-refractivity contribution in [2.45, 2.75) is 26.2 Å². The van der Waals surface area contributed by atoms with Gasteiger partial charge in [-0.05, 0) is 30.0 Å². The lowest BCUT2D eigenvalue weighted by molar-refractivity contribution is -0.140. The second-order valence-electron chi connectivity index (χ2n) is 3.67. The van der Waals surface area contributed by atoms with E-state index in [2.05, 4.69) is 10.8 Å². The first-order chi connectivity index (χ1) is 7.67. The molecule has 1 rings (SSSR count). The van der Waals surface area contributed by atoms with Crippen molar-refractivity contribution in [2.75, 3.05) is 7.11 Å². The maximum atomic E-state index is 11.0. The van der Waals surface area contributed by atoms with E-state index < -0.39 is 0 Å². The molecule has 1 aromatic carbocycles. The predicted molar refractivity (Wildman–Crippen MR) is 60.8 cm³/mol. The monoisotopic (exact) mass is 217 g/mol. The van der Waals surface area contributed by atoms with Crippen molar-refractivity contribution in [1.29, 1.82) is 5.26 Å². The molecule has 0 N–H and O–H groups in total. The van der Waals surface area contributed by atoms with Crippen LogP contribution in [0.4, 0.5) is 0 Å². The van der Waals surface area contributed by atoms with Crippen molar-refractivity contribution in [2.24, 2.45) is 0 Å². The number of nitriles is 1. The summed E-state index contributed by atoms with van der Waals surface area (Å²) in [6.45, 7) is 2.00. The van der Waals surface area contributed by atoms with Gasteiger partial charge in [-0.15, -0.1) is 0 Å². The fraction of sp³-hybridized carbons (Fsp3) is 0.385. The molecule has 0 spiro atoms. The van der Waals surface area contributed by atoms with Gasteiger partial charge in [0, 0.05) is 6.42 Å². The lowest BCUT2D eigenvalue weighted by atomic mass is 10.00. The summed E-state index contributed by atoms with van der Waals surface area (Å²) < 4.78 is 4.60. The Kier molecular flexibility index (Phi) is 4.53. The van der Waals surface area contributed by atoms with Crippen molar-refractivity contribution in [3.05, 3.63) is 34.9 Å². The number of benzene rings is 1. The largest absolute Gasteiger partial charge is 0.469 e. The third kappa shape index (κ3) is 3.39. The van der Waals surface area contributed by atoms with Crippen LogP contribution in [0.2, 0.25) is 0 Å². The van der Waals surface area contributed by atoms with E-state index in [4.69, 9.17) is 5.26 Å². The number of nitrogens with zero attached hydrogens (tertiary/aromatic N) is 1. The highest BCUT2D eigenvalue weighted by Gasteiger charge is 2.05. The molecule has 0 fully saturated rings. The third-order valence-corrected chi connectivity index (χ3v) is 2.52. The molecule has 1 aromatic rings. The molecule has 0 bridgehead atoms. The van der Waals surface area contributed by atoms with Crippen LogP contribution in [0.25, 0.3) is 0 Å². The number of hydrogen-bond donors (Lipinski definition) is 0. The summed E-state index contributed by atoms with van der Waals surface area (Å²) in [7, 11) is 1.39. The van der Waals surface area contributed by atoms with Gasteiger partial charge >= 0.3 is 5.97 Å². The summed E-state index contributed by atoms with van der Waals surface area (Å²) >= 11 is 0. The standard InChI is InChI=1S/C13H15NO2/c1-10-3-4-11(7-8-14)9-12(10)5-6-13(15)16-2/h3-4,9H,5-7H2,1-2H3. The Bertz CT molecular complexity index is 418. The minimum absolute atomic E-state index is 0.204. The van der Waals surface area contributed by atoms with E-state index in [9.17, 15) is 4.79 Å². The highest BCUT2D eigenvalue weighted by Crippen LogP contribution is 2.14. The average molecular weight is 217 g/mol. The Labute approximate surface area is 95.7 Å². The van der Waals surface area contributed by atoms with Crippen molar-refractivity contribution >= 4 is 5.97 Å². The molecule has 0 saturated heterocycles. The quantitative estimate of drug-likeness (QED) is 0.726. The van der Waals surface area contributed by atoms with Gasteiger partial charge in [0.25, 0.3) is 0 Å². The topological polar surface area (TPSA) is 50.1 Å². The molecule has 0 saturated carbocycles.